The van der Waals surface area contributed by atoms with Gasteiger partial charge in [0.15, 0.2) is 0 Å². The first kappa shape index (κ1) is 15.7. The predicted molar refractivity (Wildman–Crippen MR) is 89.4 cm³/mol. The van der Waals surface area contributed by atoms with Gasteiger partial charge in [-0.3, -0.25) is 0 Å². The summed E-state index contributed by atoms with van der Waals surface area (Å²) in [6, 6.07) is 8.09. The SMILES string of the molecule is CCCc1nc(=S)c(C)c(-c2cccc(OC(C)C)c2)[nH]1. The Morgan fingerprint density at radius 2 is 2.10 bits per heavy atom. The first-order valence-corrected chi connectivity index (χ1v) is 7.79. The Balaban J connectivity index is 2.48. The van der Waals surface area contributed by atoms with Crippen LogP contribution < -0.4 is 4.74 Å². The molecule has 0 amide bonds. The second kappa shape index (κ2) is 6.85. The molecule has 0 atom stereocenters. The van der Waals surface area contributed by atoms with Gasteiger partial charge in [-0.25, -0.2) is 4.98 Å². The van der Waals surface area contributed by atoms with Gasteiger partial charge in [0, 0.05) is 17.5 Å². The average molecular weight is 302 g/mol. The number of aromatic amines is 1. The molecule has 0 bridgehead atoms. The van der Waals surface area contributed by atoms with E-state index in [0.29, 0.717) is 4.64 Å². The van der Waals surface area contributed by atoms with Crippen LogP contribution in [0, 0.1) is 11.6 Å². The van der Waals surface area contributed by atoms with Crippen LogP contribution in [0.2, 0.25) is 0 Å². The summed E-state index contributed by atoms with van der Waals surface area (Å²) >= 11 is 5.38. The van der Waals surface area contributed by atoms with Crippen molar-refractivity contribution in [3.63, 3.8) is 0 Å². The van der Waals surface area contributed by atoms with Gasteiger partial charge in [0.1, 0.15) is 16.2 Å². The van der Waals surface area contributed by atoms with Crippen molar-refractivity contribution < 1.29 is 4.74 Å². The van der Waals surface area contributed by atoms with Gasteiger partial charge in [0.05, 0.1) is 11.8 Å². The van der Waals surface area contributed by atoms with E-state index in [0.717, 1.165) is 41.2 Å². The fraction of sp³-hybridized carbons (Fsp3) is 0.412. The fourth-order valence-corrected chi connectivity index (χ4v) is 2.43. The van der Waals surface area contributed by atoms with Crippen molar-refractivity contribution in [2.24, 2.45) is 0 Å². The highest BCUT2D eigenvalue weighted by atomic mass is 32.1. The van der Waals surface area contributed by atoms with Gasteiger partial charge in [-0.1, -0.05) is 31.3 Å². The van der Waals surface area contributed by atoms with Crippen LogP contribution in [-0.2, 0) is 6.42 Å². The van der Waals surface area contributed by atoms with E-state index in [1.807, 2.05) is 39.0 Å². The third kappa shape index (κ3) is 3.91. The highest BCUT2D eigenvalue weighted by Crippen LogP contribution is 2.26. The summed E-state index contributed by atoms with van der Waals surface area (Å²) in [5.74, 6) is 1.81. The monoisotopic (exact) mass is 302 g/mol. The maximum atomic E-state index is 5.77. The smallest absolute Gasteiger partial charge is 0.133 e. The number of ether oxygens (including phenoxy) is 1. The Hall–Kier alpha value is -1.68. The van der Waals surface area contributed by atoms with Crippen LogP contribution in [0.25, 0.3) is 11.3 Å². The minimum absolute atomic E-state index is 0.160. The lowest BCUT2D eigenvalue weighted by atomic mass is 10.1. The van der Waals surface area contributed by atoms with E-state index < -0.39 is 0 Å². The minimum Gasteiger partial charge on any atom is -0.491 e. The van der Waals surface area contributed by atoms with Gasteiger partial charge in [0.25, 0.3) is 0 Å². The molecule has 0 aliphatic carbocycles. The second-order valence-electron chi connectivity index (χ2n) is 5.43. The summed E-state index contributed by atoms with van der Waals surface area (Å²) in [5.41, 5.74) is 3.12. The first-order chi connectivity index (χ1) is 10.0. The van der Waals surface area contributed by atoms with Gasteiger partial charge in [0.2, 0.25) is 0 Å². The number of benzene rings is 1. The maximum Gasteiger partial charge on any atom is 0.133 e. The molecule has 1 N–H and O–H groups in total. The molecule has 0 aliphatic rings. The zero-order valence-electron chi connectivity index (χ0n) is 13.1. The quantitative estimate of drug-likeness (QED) is 0.802. The number of aromatic nitrogens is 2. The molecule has 1 aromatic carbocycles. The molecule has 0 unspecified atom stereocenters. The van der Waals surface area contributed by atoms with Crippen molar-refractivity contribution in [1.82, 2.24) is 9.97 Å². The Labute approximate surface area is 131 Å². The van der Waals surface area contributed by atoms with Crippen molar-refractivity contribution in [2.75, 3.05) is 0 Å². The van der Waals surface area contributed by atoms with Gasteiger partial charge < -0.3 is 9.72 Å². The summed E-state index contributed by atoms with van der Waals surface area (Å²) in [5, 5.41) is 0. The highest BCUT2D eigenvalue weighted by Gasteiger charge is 2.08. The molecular weight excluding hydrogens is 280 g/mol. The fourth-order valence-electron chi connectivity index (χ4n) is 2.22. The molecule has 0 aliphatic heterocycles. The molecule has 0 spiro atoms. The van der Waals surface area contributed by atoms with E-state index in [1.54, 1.807) is 0 Å². The molecule has 0 saturated carbocycles. The third-order valence-corrected chi connectivity index (χ3v) is 3.58. The van der Waals surface area contributed by atoms with Crippen LogP contribution in [-0.4, -0.2) is 16.1 Å². The van der Waals surface area contributed by atoms with Crippen LogP contribution in [0.5, 0.6) is 5.75 Å². The zero-order chi connectivity index (χ0) is 15.4. The van der Waals surface area contributed by atoms with Crippen LogP contribution in [0.1, 0.15) is 38.6 Å². The van der Waals surface area contributed by atoms with E-state index in [1.165, 1.54) is 0 Å². The Kier molecular flexibility index (Phi) is 5.12. The van der Waals surface area contributed by atoms with E-state index in [2.05, 4.69) is 23.0 Å². The number of nitrogens with one attached hydrogen (secondary N) is 1. The lowest BCUT2D eigenvalue weighted by Gasteiger charge is -2.13. The molecule has 2 rings (SSSR count). The number of H-pyrrole nitrogens is 1. The van der Waals surface area contributed by atoms with Gasteiger partial charge in [-0.2, -0.15) is 0 Å². The predicted octanol–water partition coefficient (Wildman–Crippen LogP) is 4.85. The van der Waals surface area contributed by atoms with Gasteiger partial charge >= 0.3 is 0 Å². The average Bonchev–Trinajstić information content (AvgIpc) is 2.42. The summed E-state index contributed by atoms with van der Waals surface area (Å²) in [4.78, 5) is 7.87. The first-order valence-electron chi connectivity index (χ1n) is 7.38. The van der Waals surface area contributed by atoms with E-state index in [4.69, 9.17) is 17.0 Å². The summed E-state index contributed by atoms with van der Waals surface area (Å²) < 4.78 is 6.44. The molecule has 0 saturated heterocycles. The molecule has 1 aromatic heterocycles. The van der Waals surface area contributed by atoms with Crippen molar-refractivity contribution >= 4 is 12.2 Å². The Morgan fingerprint density at radius 1 is 1.33 bits per heavy atom. The molecule has 2 aromatic rings. The standard InChI is InChI=1S/C17H22N2OS/c1-5-7-15-18-16(12(4)17(21)19-15)13-8-6-9-14(10-13)20-11(2)3/h6,8-11H,5,7H2,1-4H3,(H,18,19,21). The van der Waals surface area contributed by atoms with Crippen molar-refractivity contribution in [3.8, 4) is 17.0 Å². The molecule has 112 valence electrons. The minimum atomic E-state index is 0.160. The molecular formula is C17H22N2OS. The van der Waals surface area contributed by atoms with Crippen LogP contribution in [0.4, 0.5) is 0 Å². The molecule has 3 nitrogen and oxygen atoms in total. The zero-order valence-corrected chi connectivity index (χ0v) is 13.9. The third-order valence-electron chi connectivity index (χ3n) is 3.18. The molecule has 0 fully saturated rings. The molecule has 4 heteroatoms. The van der Waals surface area contributed by atoms with E-state index >= 15 is 0 Å². The molecule has 0 radical (unpaired) electrons. The van der Waals surface area contributed by atoms with Gasteiger partial charge in [-0.15, -0.1) is 0 Å². The molecule has 21 heavy (non-hydrogen) atoms. The summed E-state index contributed by atoms with van der Waals surface area (Å²) in [6.45, 7) is 8.19. The number of hydrogen-bond acceptors (Lipinski definition) is 3. The van der Waals surface area contributed by atoms with Crippen molar-refractivity contribution in [2.45, 2.75) is 46.6 Å². The van der Waals surface area contributed by atoms with Crippen LogP contribution in [0.3, 0.4) is 0 Å². The Morgan fingerprint density at radius 3 is 2.76 bits per heavy atom. The molecule has 1 heterocycles. The number of nitrogens with zero attached hydrogens (tertiary/aromatic N) is 1. The lowest BCUT2D eigenvalue weighted by Crippen LogP contribution is -2.05. The Bertz CT molecular complexity index is 677. The van der Waals surface area contributed by atoms with E-state index in [-0.39, 0.29) is 6.10 Å². The number of hydrogen-bond donors (Lipinski definition) is 1. The maximum absolute atomic E-state index is 5.77. The highest BCUT2D eigenvalue weighted by molar-refractivity contribution is 7.71. The van der Waals surface area contributed by atoms with Gasteiger partial charge in [-0.05, 0) is 39.3 Å². The summed E-state index contributed by atoms with van der Waals surface area (Å²) in [7, 11) is 0. The van der Waals surface area contributed by atoms with Crippen molar-refractivity contribution in [1.29, 1.82) is 0 Å². The lowest BCUT2D eigenvalue weighted by molar-refractivity contribution is 0.242. The topological polar surface area (TPSA) is 37.9 Å². The van der Waals surface area contributed by atoms with Crippen molar-refractivity contribution in [3.05, 3.63) is 40.3 Å². The van der Waals surface area contributed by atoms with Crippen LogP contribution in [0.15, 0.2) is 24.3 Å². The van der Waals surface area contributed by atoms with E-state index in [9.17, 15) is 0 Å². The number of rotatable bonds is 5. The number of aryl methyl sites for hydroxylation is 1. The largest absolute Gasteiger partial charge is 0.491 e. The normalized spacial score (nSPS) is 10.9. The summed E-state index contributed by atoms with van der Waals surface area (Å²) in [6.07, 6.45) is 2.10. The van der Waals surface area contributed by atoms with Crippen LogP contribution >= 0.6 is 12.2 Å². The second-order valence-corrected chi connectivity index (χ2v) is 5.82.